The molecule has 1 unspecified atom stereocenters. The first-order chi connectivity index (χ1) is 17.6. The van der Waals surface area contributed by atoms with Crippen LogP contribution < -0.4 is 16.8 Å². The van der Waals surface area contributed by atoms with Gasteiger partial charge in [0.25, 0.3) is 0 Å². The molecule has 0 amide bonds. The van der Waals surface area contributed by atoms with Crippen molar-refractivity contribution in [2.24, 2.45) is 11.5 Å². The number of fused-ring (bicyclic) bond motifs is 1. The van der Waals surface area contributed by atoms with Crippen LogP contribution in [0.2, 0.25) is 5.02 Å². The van der Waals surface area contributed by atoms with Crippen LogP contribution in [0.3, 0.4) is 0 Å². The van der Waals surface area contributed by atoms with Crippen molar-refractivity contribution in [3.8, 4) is 11.4 Å². The average molecular weight is 544 g/mol. The van der Waals surface area contributed by atoms with Crippen LogP contribution in [0.25, 0.3) is 17.0 Å². The molecule has 0 radical (unpaired) electrons. The van der Waals surface area contributed by atoms with Crippen molar-refractivity contribution in [3.05, 3.63) is 77.3 Å². The Bertz CT molecular complexity index is 1330. The quantitative estimate of drug-likeness (QED) is 0.295. The number of hydrogen-bond acceptors (Lipinski definition) is 8. The van der Waals surface area contributed by atoms with Crippen molar-refractivity contribution in [1.29, 1.82) is 0 Å². The van der Waals surface area contributed by atoms with E-state index in [4.69, 9.17) is 32.8 Å². The van der Waals surface area contributed by atoms with Gasteiger partial charge in [-0.3, -0.25) is 9.30 Å². The molecular formula is C26H32Cl2N8O. The highest BCUT2D eigenvalue weighted by Crippen LogP contribution is 2.32. The number of hydrogen-bond donors (Lipinski definition) is 3. The molecule has 0 saturated carbocycles. The Hall–Kier alpha value is -2.79. The molecule has 3 aromatic heterocycles. The lowest BCUT2D eigenvalue weighted by molar-refractivity contribution is 0.0398. The Balaban J connectivity index is 0.00000320. The molecule has 1 aromatic carbocycles. The second-order valence-corrected chi connectivity index (χ2v) is 9.36. The first-order valence-corrected chi connectivity index (χ1v) is 12.6. The van der Waals surface area contributed by atoms with Gasteiger partial charge in [0.2, 0.25) is 0 Å². The highest BCUT2D eigenvalue weighted by Gasteiger charge is 2.31. The Morgan fingerprint density at radius 3 is 2.70 bits per heavy atom. The van der Waals surface area contributed by atoms with Crippen molar-refractivity contribution in [3.63, 3.8) is 0 Å². The summed E-state index contributed by atoms with van der Waals surface area (Å²) in [5, 5.41) is 4.06. The van der Waals surface area contributed by atoms with E-state index < -0.39 is 5.54 Å². The predicted molar refractivity (Wildman–Crippen MR) is 149 cm³/mol. The van der Waals surface area contributed by atoms with Crippen molar-refractivity contribution in [1.82, 2.24) is 24.3 Å². The lowest BCUT2D eigenvalue weighted by atomic mass is 9.84. The lowest BCUT2D eigenvalue weighted by Gasteiger charge is -2.29. The third-order valence-electron chi connectivity index (χ3n) is 6.60. The molecule has 4 aromatic rings. The van der Waals surface area contributed by atoms with Gasteiger partial charge in [0.05, 0.1) is 42.0 Å². The van der Waals surface area contributed by atoms with Gasteiger partial charge in [-0.2, -0.15) is 0 Å². The molecule has 1 atom stereocenters. The summed E-state index contributed by atoms with van der Waals surface area (Å²) >= 11 is 6.27. The van der Waals surface area contributed by atoms with Crippen molar-refractivity contribution in [2.75, 3.05) is 51.3 Å². The number of benzene rings is 1. The van der Waals surface area contributed by atoms with Crippen molar-refractivity contribution >= 4 is 35.5 Å². The van der Waals surface area contributed by atoms with Crippen LogP contribution in [0.15, 0.2) is 61.1 Å². The summed E-state index contributed by atoms with van der Waals surface area (Å²) in [6, 6.07) is 13.4. The topological polar surface area (TPSA) is 120 Å². The molecule has 11 heteroatoms. The average Bonchev–Trinajstić information content (AvgIpc) is 3.35. The number of rotatable bonds is 9. The molecule has 9 nitrogen and oxygen atoms in total. The minimum absolute atomic E-state index is 0. The number of anilines is 1. The standard InChI is InChI=1S/C26H31ClN8O.ClH/c27-20-4-1-3-19(17-20)26(29,7-8-28)23-6-2-5-21(33-23)22-18-32-25-24(31-10-12-35(22)25)30-9-11-34-13-15-36-16-14-34;/h1-6,10,12,17-18H,7-9,11,13-16,28-29H2,(H,30,31);1H. The third-order valence-corrected chi connectivity index (χ3v) is 6.83. The number of nitrogens with one attached hydrogen (secondary N) is 1. The molecule has 1 aliphatic heterocycles. The van der Waals surface area contributed by atoms with Gasteiger partial charge in [0.1, 0.15) is 0 Å². The van der Waals surface area contributed by atoms with Crippen LogP contribution in [-0.2, 0) is 10.3 Å². The highest BCUT2D eigenvalue weighted by molar-refractivity contribution is 6.30. The first-order valence-electron chi connectivity index (χ1n) is 12.2. The summed E-state index contributed by atoms with van der Waals surface area (Å²) in [6.07, 6.45) is 6.01. The number of imidazole rings is 1. The molecule has 0 bridgehead atoms. The van der Waals surface area contributed by atoms with E-state index in [-0.39, 0.29) is 12.4 Å². The molecule has 5 rings (SSSR count). The second-order valence-electron chi connectivity index (χ2n) is 8.92. The zero-order valence-electron chi connectivity index (χ0n) is 20.5. The van der Waals surface area contributed by atoms with Crippen LogP contribution in [0.4, 0.5) is 5.82 Å². The largest absolute Gasteiger partial charge is 0.379 e. The minimum Gasteiger partial charge on any atom is -0.379 e. The summed E-state index contributed by atoms with van der Waals surface area (Å²) < 4.78 is 7.42. The Kier molecular flexibility index (Phi) is 8.96. The van der Waals surface area contributed by atoms with Crippen LogP contribution in [-0.4, -0.2) is 70.2 Å². The van der Waals surface area contributed by atoms with Crippen LogP contribution in [0.1, 0.15) is 17.7 Å². The number of nitrogens with zero attached hydrogens (tertiary/aromatic N) is 5. The zero-order valence-corrected chi connectivity index (χ0v) is 22.1. The number of aromatic nitrogens is 4. The maximum absolute atomic E-state index is 6.94. The van der Waals surface area contributed by atoms with E-state index in [9.17, 15) is 0 Å². The van der Waals surface area contributed by atoms with Gasteiger partial charge in [-0.1, -0.05) is 29.8 Å². The van der Waals surface area contributed by atoms with E-state index >= 15 is 0 Å². The van der Waals surface area contributed by atoms with Gasteiger partial charge in [-0.15, -0.1) is 12.4 Å². The number of nitrogens with two attached hydrogens (primary N) is 2. The number of ether oxygens (including phenoxy) is 1. The predicted octanol–water partition coefficient (Wildman–Crippen LogP) is 3.16. The molecule has 1 fully saturated rings. The maximum Gasteiger partial charge on any atom is 0.180 e. The van der Waals surface area contributed by atoms with Gasteiger partial charge in [0.15, 0.2) is 11.5 Å². The fraction of sp³-hybridized carbons (Fsp3) is 0.346. The molecule has 37 heavy (non-hydrogen) atoms. The molecule has 196 valence electrons. The van der Waals surface area contributed by atoms with Gasteiger partial charge < -0.3 is 21.5 Å². The smallest absolute Gasteiger partial charge is 0.180 e. The van der Waals surface area contributed by atoms with E-state index in [0.29, 0.717) is 18.0 Å². The van der Waals surface area contributed by atoms with E-state index in [2.05, 4.69) is 20.2 Å². The minimum atomic E-state index is -0.871. The van der Waals surface area contributed by atoms with E-state index in [1.807, 2.05) is 59.3 Å². The van der Waals surface area contributed by atoms with E-state index in [1.54, 1.807) is 6.20 Å². The first kappa shape index (κ1) is 27.3. The monoisotopic (exact) mass is 542 g/mol. The number of pyridine rings is 1. The van der Waals surface area contributed by atoms with E-state index in [1.165, 1.54) is 0 Å². The fourth-order valence-corrected chi connectivity index (χ4v) is 4.82. The second kappa shape index (κ2) is 12.2. The summed E-state index contributed by atoms with van der Waals surface area (Å²) in [6.45, 7) is 5.60. The third kappa shape index (κ3) is 5.87. The Morgan fingerprint density at radius 1 is 1.11 bits per heavy atom. The van der Waals surface area contributed by atoms with Gasteiger partial charge in [-0.25, -0.2) is 15.0 Å². The molecular weight excluding hydrogens is 511 g/mol. The van der Waals surface area contributed by atoms with Gasteiger partial charge >= 0.3 is 0 Å². The van der Waals surface area contributed by atoms with Gasteiger partial charge in [0, 0.05) is 43.6 Å². The van der Waals surface area contributed by atoms with E-state index in [0.717, 1.165) is 73.5 Å². The van der Waals surface area contributed by atoms with Crippen LogP contribution >= 0.6 is 24.0 Å². The molecule has 4 heterocycles. The molecule has 5 N–H and O–H groups in total. The normalized spacial score (nSPS) is 15.8. The lowest BCUT2D eigenvalue weighted by Crippen LogP contribution is -2.41. The Morgan fingerprint density at radius 2 is 1.92 bits per heavy atom. The van der Waals surface area contributed by atoms with Crippen LogP contribution in [0.5, 0.6) is 0 Å². The summed E-state index contributed by atoms with van der Waals surface area (Å²) in [5.41, 5.74) is 16.0. The van der Waals surface area contributed by atoms with Crippen LogP contribution in [0, 0.1) is 0 Å². The van der Waals surface area contributed by atoms with Crippen molar-refractivity contribution < 1.29 is 4.74 Å². The molecule has 1 saturated heterocycles. The zero-order chi connectivity index (χ0) is 25.0. The van der Waals surface area contributed by atoms with Crippen molar-refractivity contribution in [2.45, 2.75) is 12.0 Å². The Labute approximate surface area is 227 Å². The number of halogens is 2. The highest BCUT2D eigenvalue weighted by atomic mass is 35.5. The maximum atomic E-state index is 6.94. The fourth-order valence-electron chi connectivity index (χ4n) is 4.63. The molecule has 1 aliphatic rings. The number of morpholine rings is 1. The van der Waals surface area contributed by atoms with Gasteiger partial charge in [-0.05, 0) is 42.8 Å². The molecule has 0 spiro atoms. The summed E-state index contributed by atoms with van der Waals surface area (Å²) in [4.78, 5) is 16.5. The SMILES string of the molecule is Cl.NCCC(N)(c1cccc(Cl)c1)c1cccc(-c2cnc3c(NCCN4CCOCC4)nccn23)n1. The summed E-state index contributed by atoms with van der Waals surface area (Å²) in [5.74, 6) is 0.739. The summed E-state index contributed by atoms with van der Waals surface area (Å²) in [7, 11) is 0. The molecule has 0 aliphatic carbocycles.